The third-order valence-electron chi connectivity index (χ3n) is 6.45. The van der Waals surface area contributed by atoms with Crippen LogP contribution in [0.3, 0.4) is 0 Å². The van der Waals surface area contributed by atoms with Crippen molar-refractivity contribution < 1.29 is 39.9 Å². The summed E-state index contributed by atoms with van der Waals surface area (Å²) in [6.45, 7) is 1.58. The minimum atomic E-state index is -4.74. The first kappa shape index (κ1) is 29.7. The molecule has 1 amide bonds. The van der Waals surface area contributed by atoms with E-state index in [1.165, 1.54) is 35.4 Å². The molecule has 1 aromatic heterocycles. The van der Waals surface area contributed by atoms with Crippen LogP contribution in [0, 0.1) is 5.82 Å². The van der Waals surface area contributed by atoms with Crippen LogP contribution in [-0.2, 0) is 38.8 Å². The van der Waals surface area contributed by atoms with Gasteiger partial charge >= 0.3 is 6.18 Å². The minimum Gasteiger partial charge on any atom is -0.467 e. The molecule has 1 aliphatic heterocycles. The maximum absolute atomic E-state index is 13.6. The van der Waals surface area contributed by atoms with Gasteiger partial charge in [-0.15, -0.1) is 0 Å². The van der Waals surface area contributed by atoms with Crippen molar-refractivity contribution in [2.75, 3.05) is 45.9 Å². The van der Waals surface area contributed by atoms with E-state index in [1.54, 1.807) is 12.1 Å². The number of nitrogens with zero attached hydrogens (tertiary/aromatic N) is 3. The van der Waals surface area contributed by atoms with Crippen molar-refractivity contribution in [2.45, 2.75) is 24.2 Å². The molecule has 0 unspecified atom stereocenters. The summed E-state index contributed by atoms with van der Waals surface area (Å²) in [7, 11) is -4.50. The molecule has 13 heteroatoms. The number of amides is 1. The van der Waals surface area contributed by atoms with Crippen molar-refractivity contribution >= 4 is 15.9 Å². The number of carbonyl (C=O) groups excluding carboxylic acids is 1. The lowest BCUT2D eigenvalue weighted by Gasteiger charge is -2.31. The Hall–Kier alpha value is -3.26. The van der Waals surface area contributed by atoms with Gasteiger partial charge in [-0.3, -0.25) is 9.69 Å². The van der Waals surface area contributed by atoms with Crippen LogP contribution in [0.1, 0.15) is 16.9 Å². The van der Waals surface area contributed by atoms with E-state index in [9.17, 15) is 30.8 Å². The minimum absolute atomic E-state index is 0.00409. The van der Waals surface area contributed by atoms with Gasteiger partial charge < -0.3 is 14.1 Å². The molecule has 1 aliphatic rings. The van der Waals surface area contributed by atoms with Crippen molar-refractivity contribution in [3.05, 3.63) is 89.6 Å². The highest BCUT2D eigenvalue weighted by molar-refractivity contribution is 7.89. The summed E-state index contributed by atoms with van der Waals surface area (Å²) in [6.07, 6.45) is -3.31. The lowest BCUT2D eigenvalue weighted by Crippen LogP contribution is -2.47. The van der Waals surface area contributed by atoms with E-state index in [1.807, 2.05) is 4.90 Å². The Morgan fingerprint density at radius 1 is 0.975 bits per heavy atom. The second-order valence-corrected chi connectivity index (χ2v) is 11.2. The maximum Gasteiger partial charge on any atom is 0.416 e. The van der Waals surface area contributed by atoms with Gasteiger partial charge in [0.2, 0.25) is 15.9 Å². The Balaban J connectivity index is 1.61. The van der Waals surface area contributed by atoms with Crippen molar-refractivity contribution in [1.82, 2.24) is 14.1 Å². The summed E-state index contributed by atoms with van der Waals surface area (Å²) in [5.74, 6) is -0.608. The molecule has 0 atom stereocenters. The number of halogens is 4. The van der Waals surface area contributed by atoms with Crippen LogP contribution < -0.4 is 0 Å². The zero-order valence-corrected chi connectivity index (χ0v) is 22.3. The second kappa shape index (κ2) is 12.9. The normalized spacial score (nSPS) is 14.9. The van der Waals surface area contributed by atoms with Crippen LogP contribution in [-0.4, -0.2) is 74.4 Å². The van der Waals surface area contributed by atoms with Gasteiger partial charge in [0.15, 0.2) is 0 Å². The second-order valence-electron chi connectivity index (χ2n) is 9.27. The highest BCUT2D eigenvalue weighted by atomic mass is 32.2. The Morgan fingerprint density at radius 3 is 2.35 bits per heavy atom. The highest BCUT2D eigenvalue weighted by Gasteiger charge is 2.34. The fraction of sp³-hybridized carbons (Fsp3) is 0.370. The Labute approximate surface area is 229 Å². The summed E-state index contributed by atoms with van der Waals surface area (Å²) >= 11 is 0. The van der Waals surface area contributed by atoms with Gasteiger partial charge in [-0.2, -0.15) is 17.5 Å². The Kier molecular flexibility index (Phi) is 9.61. The maximum atomic E-state index is 13.6. The van der Waals surface area contributed by atoms with Crippen molar-refractivity contribution in [3.8, 4) is 0 Å². The molecule has 3 aromatic rings. The van der Waals surface area contributed by atoms with Gasteiger partial charge in [-0.25, -0.2) is 12.8 Å². The highest BCUT2D eigenvalue weighted by Crippen LogP contribution is 2.31. The number of morpholine rings is 1. The average Bonchev–Trinajstić information content (AvgIpc) is 3.45. The SMILES string of the molecule is O=C(CN(CCN1CCOCC1)S(=O)(=O)c1cccc(C(F)(F)F)c1)N(Cc1ccc(F)cc1)Cc1ccco1. The topological polar surface area (TPSA) is 83.3 Å². The molecule has 0 aliphatic carbocycles. The third-order valence-corrected chi connectivity index (χ3v) is 8.29. The monoisotopic (exact) mass is 583 g/mol. The molecule has 8 nitrogen and oxygen atoms in total. The van der Waals surface area contributed by atoms with Gasteiger partial charge in [0.05, 0.1) is 43.0 Å². The molecule has 0 radical (unpaired) electrons. The van der Waals surface area contributed by atoms with E-state index in [4.69, 9.17) is 9.15 Å². The number of rotatable bonds is 11. The van der Waals surface area contributed by atoms with Crippen LogP contribution in [0.5, 0.6) is 0 Å². The van der Waals surface area contributed by atoms with Crippen LogP contribution in [0.25, 0.3) is 0 Å². The van der Waals surface area contributed by atoms with Crippen molar-refractivity contribution in [1.29, 1.82) is 0 Å². The zero-order valence-electron chi connectivity index (χ0n) is 21.5. The molecule has 0 bridgehead atoms. The van der Waals surface area contributed by atoms with Gasteiger partial charge in [-0.05, 0) is 48.0 Å². The Morgan fingerprint density at radius 2 is 1.70 bits per heavy atom. The molecule has 4 rings (SSSR count). The van der Waals surface area contributed by atoms with E-state index < -0.39 is 44.9 Å². The smallest absolute Gasteiger partial charge is 0.416 e. The lowest BCUT2D eigenvalue weighted by molar-refractivity contribution is -0.137. The molecule has 0 N–H and O–H groups in total. The number of alkyl halides is 3. The molecule has 40 heavy (non-hydrogen) atoms. The summed E-state index contributed by atoms with van der Waals surface area (Å²) in [6, 6.07) is 12.3. The summed E-state index contributed by atoms with van der Waals surface area (Å²) in [4.78, 5) is 16.4. The van der Waals surface area contributed by atoms with E-state index in [0.717, 1.165) is 22.5 Å². The average molecular weight is 584 g/mol. The molecule has 2 aromatic carbocycles. The van der Waals surface area contributed by atoms with Crippen LogP contribution in [0.4, 0.5) is 17.6 Å². The van der Waals surface area contributed by atoms with Crippen LogP contribution in [0.15, 0.2) is 76.2 Å². The fourth-order valence-corrected chi connectivity index (χ4v) is 5.65. The summed E-state index contributed by atoms with van der Waals surface area (Å²) in [5.41, 5.74) is -0.509. The number of hydrogen-bond acceptors (Lipinski definition) is 6. The molecule has 1 fully saturated rings. The molecular formula is C27H29F4N3O5S. The quantitative estimate of drug-likeness (QED) is 0.318. The van der Waals surface area contributed by atoms with Gasteiger partial charge in [0, 0.05) is 32.7 Å². The summed E-state index contributed by atoms with van der Waals surface area (Å²) < 4.78 is 92.4. The number of sulfonamides is 1. The first-order valence-electron chi connectivity index (χ1n) is 12.5. The number of furan rings is 1. The lowest BCUT2D eigenvalue weighted by atomic mass is 10.2. The fourth-order valence-electron chi connectivity index (χ4n) is 4.23. The van der Waals surface area contributed by atoms with Crippen molar-refractivity contribution in [3.63, 3.8) is 0 Å². The van der Waals surface area contributed by atoms with Crippen molar-refractivity contribution in [2.24, 2.45) is 0 Å². The largest absolute Gasteiger partial charge is 0.467 e. The zero-order chi connectivity index (χ0) is 28.8. The van der Waals surface area contributed by atoms with Gasteiger partial charge in [0.1, 0.15) is 11.6 Å². The third kappa shape index (κ3) is 7.90. The molecule has 1 saturated heterocycles. The number of ether oxygens (including phenoxy) is 1. The predicted molar refractivity (Wildman–Crippen MR) is 137 cm³/mol. The van der Waals surface area contributed by atoms with Crippen LogP contribution >= 0.6 is 0 Å². The van der Waals surface area contributed by atoms with E-state index in [0.29, 0.717) is 43.7 Å². The molecule has 0 saturated carbocycles. The predicted octanol–water partition coefficient (Wildman–Crippen LogP) is 3.99. The number of hydrogen-bond donors (Lipinski definition) is 0. The molecule has 2 heterocycles. The van der Waals surface area contributed by atoms with E-state index in [2.05, 4.69) is 0 Å². The first-order valence-corrected chi connectivity index (χ1v) is 14.0. The summed E-state index contributed by atoms with van der Waals surface area (Å²) in [5, 5.41) is 0. The molecular weight excluding hydrogens is 554 g/mol. The molecule has 216 valence electrons. The van der Waals surface area contributed by atoms with Crippen LogP contribution in [0.2, 0.25) is 0 Å². The standard InChI is InChI=1S/C27H29F4N3O5S/c28-23-8-6-21(7-9-23)18-33(19-24-4-2-14-39-24)26(35)20-34(11-10-32-12-15-38-16-13-32)40(36,37)25-5-1-3-22(17-25)27(29,30)31/h1-9,14,17H,10-13,15-16,18-20H2. The molecule has 0 spiro atoms. The first-order chi connectivity index (χ1) is 19.0. The van der Waals surface area contributed by atoms with Gasteiger partial charge in [-0.1, -0.05) is 18.2 Å². The van der Waals surface area contributed by atoms with E-state index >= 15 is 0 Å². The number of carbonyl (C=O) groups is 1. The van der Waals surface area contributed by atoms with Gasteiger partial charge in [0.25, 0.3) is 0 Å². The number of benzene rings is 2. The Bertz CT molecular complexity index is 1360. The van der Waals surface area contributed by atoms with E-state index in [-0.39, 0.29) is 26.2 Å².